The second-order valence-electron chi connectivity index (χ2n) is 4.90. The number of nitrogens with zero attached hydrogens (tertiary/aromatic N) is 2. The summed E-state index contributed by atoms with van der Waals surface area (Å²) in [6, 6.07) is 0. The molecule has 0 aromatic rings. The number of carbonyl (C=O) groups excluding carboxylic acids is 1. The number of ether oxygens (including phenoxy) is 1. The van der Waals surface area contributed by atoms with Crippen molar-refractivity contribution in [3.63, 3.8) is 0 Å². The van der Waals surface area contributed by atoms with Crippen molar-refractivity contribution < 1.29 is 19.7 Å². The predicted octanol–water partition coefficient (Wildman–Crippen LogP) is -1.09. The van der Waals surface area contributed by atoms with Crippen molar-refractivity contribution in [1.82, 2.24) is 9.80 Å². The Kier molecular flexibility index (Phi) is 6.01. The quantitative estimate of drug-likeness (QED) is 0.635. The zero-order valence-electron chi connectivity index (χ0n) is 11.3. The fourth-order valence-corrected chi connectivity index (χ4v) is 2.20. The summed E-state index contributed by atoms with van der Waals surface area (Å²) in [7, 11) is 0. The molecule has 0 atom stereocenters. The van der Waals surface area contributed by atoms with Gasteiger partial charge in [-0.05, 0) is 13.8 Å². The van der Waals surface area contributed by atoms with Crippen molar-refractivity contribution in [3.05, 3.63) is 0 Å². The molecule has 1 saturated heterocycles. The van der Waals surface area contributed by atoms with E-state index in [4.69, 9.17) is 14.9 Å². The van der Waals surface area contributed by atoms with Gasteiger partial charge in [-0.2, -0.15) is 0 Å². The van der Waals surface area contributed by atoms with E-state index in [1.54, 1.807) is 0 Å². The van der Waals surface area contributed by atoms with Crippen molar-refractivity contribution in [3.8, 4) is 0 Å². The van der Waals surface area contributed by atoms with E-state index in [2.05, 4.69) is 4.90 Å². The smallest absolute Gasteiger partial charge is 0.242 e. The van der Waals surface area contributed by atoms with Crippen molar-refractivity contribution >= 4 is 5.91 Å². The van der Waals surface area contributed by atoms with E-state index in [0.717, 1.165) is 13.1 Å². The zero-order valence-corrected chi connectivity index (χ0v) is 11.3. The minimum atomic E-state index is -0.631. The lowest BCUT2D eigenvalue weighted by molar-refractivity contribution is -0.146. The highest BCUT2D eigenvalue weighted by Gasteiger charge is 2.38. The first kappa shape index (κ1) is 15.4. The van der Waals surface area contributed by atoms with Gasteiger partial charge in [0.25, 0.3) is 0 Å². The summed E-state index contributed by atoms with van der Waals surface area (Å²) in [5, 5.41) is 18.0. The second kappa shape index (κ2) is 7.04. The minimum absolute atomic E-state index is 0.0625. The first-order chi connectivity index (χ1) is 8.54. The molecule has 1 heterocycles. The number of amides is 1. The molecular weight excluding hydrogens is 236 g/mol. The summed E-state index contributed by atoms with van der Waals surface area (Å²) >= 11 is 0. The summed E-state index contributed by atoms with van der Waals surface area (Å²) < 4.78 is 5.28. The molecule has 2 N–H and O–H groups in total. The van der Waals surface area contributed by atoms with E-state index in [9.17, 15) is 4.79 Å². The summed E-state index contributed by atoms with van der Waals surface area (Å²) in [5.41, 5.74) is -0.631. The molecule has 6 heteroatoms. The molecule has 0 bridgehead atoms. The highest BCUT2D eigenvalue weighted by molar-refractivity contribution is 5.85. The average molecular weight is 260 g/mol. The number of rotatable bonds is 6. The van der Waals surface area contributed by atoms with Crippen LogP contribution in [0.2, 0.25) is 0 Å². The maximum Gasteiger partial charge on any atom is 0.242 e. The van der Waals surface area contributed by atoms with Gasteiger partial charge in [0, 0.05) is 26.2 Å². The lowest BCUT2D eigenvalue weighted by atomic mass is 10.00. The average Bonchev–Trinajstić information content (AvgIpc) is 2.38. The maximum atomic E-state index is 12.5. The Labute approximate surface area is 108 Å². The number of aliphatic hydroxyl groups excluding tert-OH is 2. The molecule has 1 rings (SSSR count). The fourth-order valence-electron chi connectivity index (χ4n) is 2.20. The Hall–Kier alpha value is -0.690. The molecule has 0 spiro atoms. The summed E-state index contributed by atoms with van der Waals surface area (Å²) in [4.78, 5) is 16.1. The van der Waals surface area contributed by atoms with Gasteiger partial charge in [-0.1, -0.05) is 0 Å². The van der Waals surface area contributed by atoms with Crippen molar-refractivity contribution in [1.29, 1.82) is 0 Å². The summed E-state index contributed by atoms with van der Waals surface area (Å²) in [6.45, 7) is 6.81. The highest BCUT2D eigenvalue weighted by atomic mass is 16.5. The molecule has 1 amide bonds. The lowest BCUT2D eigenvalue weighted by Gasteiger charge is -2.42. The Bertz CT molecular complexity index is 259. The molecule has 1 aliphatic heterocycles. The van der Waals surface area contributed by atoms with Crippen LogP contribution in [0.25, 0.3) is 0 Å². The zero-order chi connectivity index (χ0) is 13.6. The third kappa shape index (κ3) is 3.65. The van der Waals surface area contributed by atoms with Crippen molar-refractivity contribution in [2.24, 2.45) is 0 Å². The van der Waals surface area contributed by atoms with Crippen LogP contribution >= 0.6 is 0 Å². The van der Waals surface area contributed by atoms with Crippen LogP contribution in [0.3, 0.4) is 0 Å². The van der Waals surface area contributed by atoms with Crippen LogP contribution in [0.1, 0.15) is 13.8 Å². The molecule has 0 aromatic heterocycles. The molecule has 0 aliphatic carbocycles. The van der Waals surface area contributed by atoms with Gasteiger partial charge in [-0.25, -0.2) is 0 Å². The normalized spacial score (nSPS) is 17.8. The molecule has 0 saturated carbocycles. The predicted molar refractivity (Wildman–Crippen MR) is 67.2 cm³/mol. The largest absolute Gasteiger partial charge is 0.395 e. The van der Waals surface area contributed by atoms with Crippen LogP contribution in [0.4, 0.5) is 0 Å². The van der Waals surface area contributed by atoms with Gasteiger partial charge in [-0.3, -0.25) is 9.69 Å². The van der Waals surface area contributed by atoms with Gasteiger partial charge in [-0.15, -0.1) is 0 Å². The van der Waals surface area contributed by atoms with E-state index < -0.39 is 5.54 Å². The van der Waals surface area contributed by atoms with Crippen molar-refractivity contribution in [2.75, 3.05) is 52.6 Å². The van der Waals surface area contributed by atoms with E-state index in [-0.39, 0.29) is 32.2 Å². The molecule has 6 nitrogen and oxygen atoms in total. The van der Waals surface area contributed by atoms with Gasteiger partial charge in [0.1, 0.15) is 0 Å². The second-order valence-corrected chi connectivity index (χ2v) is 4.90. The molecule has 1 fully saturated rings. The standard InChI is InChI=1S/C12H24N2O4/c1-12(2,14-5-9-18-10-6-14)11(17)13(3-7-15)4-8-16/h15-16H,3-10H2,1-2H3. The Morgan fingerprint density at radius 3 is 2.17 bits per heavy atom. The number of carbonyl (C=O) groups is 1. The van der Waals surface area contributed by atoms with E-state index >= 15 is 0 Å². The van der Waals surface area contributed by atoms with Gasteiger partial charge >= 0.3 is 0 Å². The van der Waals surface area contributed by atoms with Gasteiger partial charge in [0.05, 0.1) is 32.0 Å². The third-order valence-electron chi connectivity index (χ3n) is 3.35. The lowest BCUT2D eigenvalue weighted by Crippen LogP contribution is -2.59. The topological polar surface area (TPSA) is 73.2 Å². The molecule has 18 heavy (non-hydrogen) atoms. The first-order valence-corrected chi connectivity index (χ1v) is 6.38. The van der Waals surface area contributed by atoms with E-state index in [1.165, 1.54) is 4.90 Å². The van der Waals surface area contributed by atoms with Gasteiger partial charge in [0.15, 0.2) is 0 Å². The molecule has 106 valence electrons. The monoisotopic (exact) mass is 260 g/mol. The highest BCUT2D eigenvalue weighted by Crippen LogP contribution is 2.19. The van der Waals surface area contributed by atoms with E-state index in [0.29, 0.717) is 13.2 Å². The van der Waals surface area contributed by atoms with Crippen LogP contribution in [0.15, 0.2) is 0 Å². The Morgan fingerprint density at radius 1 is 1.22 bits per heavy atom. The van der Waals surface area contributed by atoms with Gasteiger partial charge < -0.3 is 19.8 Å². The number of aliphatic hydroxyl groups is 2. The van der Waals surface area contributed by atoms with Crippen LogP contribution in [0, 0.1) is 0 Å². The number of morpholine rings is 1. The van der Waals surface area contributed by atoms with E-state index in [1.807, 2.05) is 13.8 Å². The Balaban J connectivity index is 2.70. The fraction of sp³-hybridized carbons (Fsp3) is 0.917. The molecule has 0 unspecified atom stereocenters. The number of hydrogen-bond acceptors (Lipinski definition) is 5. The summed E-state index contributed by atoms with van der Waals surface area (Å²) in [5.74, 6) is -0.0625. The summed E-state index contributed by atoms with van der Waals surface area (Å²) in [6.07, 6.45) is 0. The third-order valence-corrected chi connectivity index (χ3v) is 3.35. The van der Waals surface area contributed by atoms with Crippen LogP contribution in [-0.2, 0) is 9.53 Å². The molecule has 0 aromatic carbocycles. The van der Waals surface area contributed by atoms with Gasteiger partial charge in [0.2, 0.25) is 5.91 Å². The molecule has 1 aliphatic rings. The molecular formula is C12H24N2O4. The van der Waals surface area contributed by atoms with Crippen LogP contribution in [0.5, 0.6) is 0 Å². The van der Waals surface area contributed by atoms with Crippen molar-refractivity contribution in [2.45, 2.75) is 19.4 Å². The van der Waals surface area contributed by atoms with Crippen LogP contribution < -0.4 is 0 Å². The Morgan fingerprint density at radius 2 is 1.72 bits per heavy atom. The number of hydrogen-bond donors (Lipinski definition) is 2. The first-order valence-electron chi connectivity index (χ1n) is 6.38. The maximum absolute atomic E-state index is 12.5. The SMILES string of the molecule is CC(C)(C(=O)N(CCO)CCO)N1CCOCC1. The molecule has 0 radical (unpaired) electrons. The van der Waals surface area contributed by atoms with Crippen LogP contribution in [-0.4, -0.2) is 84.1 Å². The minimum Gasteiger partial charge on any atom is -0.395 e.